The van der Waals surface area contributed by atoms with Gasteiger partial charge in [0.2, 0.25) is 0 Å². The zero-order chi connectivity index (χ0) is 23.7. The SMILES string of the molecule is C=C1C[C@H](O[Si](C)(C)C(C)(C)C)[C@@]2(C)CCC3c4ccc(NS(=O)(=O)O)cc4CCC3C12. The van der Waals surface area contributed by atoms with Gasteiger partial charge >= 0.3 is 10.3 Å². The van der Waals surface area contributed by atoms with Gasteiger partial charge in [-0.3, -0.25) is 9.27 Å². The van der Waals surface area contributed by atoms with E-state index in [2.05, 4.69) is 58.2 Å². The van der Waals surface area contributed by atoms with Gasteiger partial charge in [0.05, 0.1) is 11.8 Å². The van der Waals surface area contributed by atoms with E-state index in [1.165, 1.54) is 16.7 Å². The van der Waals surface area contributed by atoms with Crippen molar-refractivity contribution in [2.75, 3.05) is 4.72 Å². The Hall–Kier alpha value is -1.15. The molecule has 0 aromatic heterocycles. The molecule has 1 aromatic carbocycles. The van der Waals surface area contributed by atoms with Crippen LogP contribution < -0.4 is 4.72 Å². The monoisotopic (exact) mass is 477 g/mol. The molecule has 7 heteroatoms. The van der Waals surface area contributed by atoms with Crippen molar-refractivity contribution in [1.82, 2.24) is 0 Å². The molecule has 5 atom stereocenters. The minimum atomic E-state index is -4.26. The van der Waals surface area contributed by atoms with Gasteiger partial charge in [0.15, 0.2) is 8.32 Å². The first kappa shape index (κ1) is 24.0. The van der Waals surface area contributed by atoms with Crippen LogP contribution >= 0.6 is 0 Å². The van der Waals surface area contributed by atoms with Crippen LogP contribution in [-0.2, 0) is 21.2 Å². The fourth-order valence-electron chi connectivity index (χ4n) is 6.47. The third-order valence-corrected chi connectivity index (χ3v) is 14.0. The van der Waals surface area contributed by atoms with Crippen LogP contribution in [0.25, 0.3) is 0 Å². The molecule has 178 valence electrons. The van der Waals surface area contributed by atoms with E-state index in [9.17, 15) is 8.42 Å². The zero-order valence-corrected chi connectivity index (χ0v) is 22.2. The fraction of sp³-hybridized carbons (Fsp3) is 0.680. The number of hydrogen-bond acceptors (Lipinski definition) is 3. The van der Waals surface area contributed by atoms with Gasteiger partial charge in [-0.15, -0.1) is 0 Å². The molecule has 32 heavy (non-hydrogen) atoms. The molecule has 1 aromatic rings. The smallest absolute Gasteiger partial charge is 0.357 e. The van der Waals surface area contributed by atoms with Gasteiger partial charge in [-0.1, -0.05) is 45.9 Å². The highest BCUT2D eigenvalue weighted by Gasteiger charge is 2.58. The van der Waals surface area contributed by atoms with Gasteiger partial charge in [-0.05, 0) is 96.7 Å². The summed E-state index contributed by atoms with van der Waals surface area (Å²) in [4.78, 5) is 0. The van der Waals surface area contributed by atoms with Crippen LogP contribution in [0.4, 0.5) is 5.69 Å². The largest absolute Gasteiger partial charge is 0.413 e. The Morgan fingerprint density at radius 2 is 1.94 bits per heavy atom. The van der Waals surface area contributed by atoms with Crippen LogP contribution in [0.5, 0.6) is 0 Å². The van der Waals surface area contributed by atoms with Crippen molar-refractivity contribution in [2.45, 2.75) is 90.0 Å². The summed E-state index contributed by atoms with van der Waals surface area (Å²) in [5.41, 5.74) is 4.46. The maximum atomic E-state index is 11.2. The quantitative estimate of drug-likeness (QED) is 0.302. The Labute approximate surface area is 195 Å². The molecule has 0 bridgehead atoms. The molecule has 0 heterocycles. The minimum Gasteiger partial charge on any atom is -0.413 e. The van der Waals surface area contributed by atoms with Gasteiger partial charge < -0.3 is 4.43 Å². The van der Waals surface area contributed by atoms with Crippen molar-refractivity contribution in [3.05, 3.63) is 41.5 Å². The molecule has 4 rings (SSSR count). The van der Waals surface area contributed by atoms with Crippen molar-refractivity contribution in [2.24, 2.45) is 17.3 Å². The van der Waals surface area contributed by atoms with Crippen LogP contribution in [0.1, 0.15) is 70.4 Å². The van der Waals surface area contributed by atoms with E-state index >= 15 is 0 Å². The normalized spacial score (nSPS) is 32.8. The number of anilines is 1. The molecule has 0 amide bonds. The van der Waals surface area contributed by atoms with Crippen molar-refractivity contribution < 1.29 is 17.4 Å². The van der Waals surface area contributed by atoms with E-state index in [1.807, 2.05) is 6.07 Å². The maximum absolute atomic E-state index is 11.2. The molecule has 3 unspecified atom stereocenters. The average Bonchev–Trinajstić information content (AvgIpc) is 2.88. The first-order valence-corrected chi connectivity index (χ1v) is 16.2. The van der Waals surface area contributed by atoms with Crippen molar-refractivity contribution >= 4 is 24.3 Å². The van der Waals surface area contributed by atoms with Crippen LogP contribution in [0.3, 0.4) is 0 Å². The first-order valence-electron chi connectivity index (χ1n) is 11.9. The highest BCUT2D eigenvalue weighted by molar-refractivity contribution is 7.87. The Balaban J connectivity index is 1.60. The molecular formula is C25H39NO4SSi. The molecule has 2 fully saturated rings. The number of hydrogen-bond donors (Lipinski definition) is 2. The standard InChI is InChI=1S/C25H39NO4SSi/c1-16-14-22(30-32(6,7)24(2,3)4)25(5)13-12-20-19-11-9-18(26-31(27,28)29)15-17(19)8-10-21(20)23(16)25/h9,11,15,20-23,26H,1,8,10,12-14H2,2-7H3,(H,27,28,29)/t20?,21?,22-,23?,25+/m0/s1. The number of fused-ring (bicyclic) bond motifs is 5. The predicted octanol–water partition coefficient (Wildman–Crippen LogP) is 6.31. The summed E-state index contributed by atoms with van der Waals surface area (Å²) < 4.78 is 40.7. The fourth-order valence-corrected chi connectivity index (χ4v) is 8.31. The number of nitrogens with one attached hydrogen (secondary N) is 1. The number of benzene rings is 1. The van der Waals surface area contributed by atoms with Gasteiger partial charge in [-0.2, -0.15) is 8.42 Å². The van der Waals surface area contributed by atoms with E-state index in [4.69, 9.17) is 8.98 Å². The van der Waals surface area contributed by atoms with Crippen LogP contribution in [0.15, 0.2) is 30.4 Å². The Morgan fingerprint density at radius 1 is 1.25 bits per heavy atom. The second kappa shape index (κ2) is 7.69. The van der Waals surface area contributed by atoms with E-state index in [1.54, 1.807) is 6.07 Å². The van der Waals surface area contributed by atoms with E-state index in [-0.39, 0.29) is 16.6 Å². The number of rotatable bonds is 4. The lowest BCUT2D eigenvalue weighted by molar-refractivity contribution is -0.0112. The molecule has 0 spiro atoms. The van der Waals surface area contributed by atoms with Gasteiger partial charge in [0, 0.05) is 0 Å². The van der Waals surface area contributed by atoms with Crippen molar-refractivity contribution in [1.29, 1.82) is 0 Å². The predicted molar refractivity (Wildman–Crippen MR) is 133 cm³/mol. The number of aryl methyl sites for hydroxylation is 1. The second-order valence-corrected chi connectivity index (χ2v) is 18.0. The molecule has 0 saturated heterocycles. The summed E-state index contributed by atoms with van der Waals surface area (Å²) in [6, 6.07) is 5.72. The van der Waals surface area contributed by atoms with Gasteiger partial charge in [-0.25, -0.2) is 0 Å². The maximum Gasteiger partial charge on any atom is 0.357 e. The summed E-state index contributed by atoms with van der Waals surface area (Å²) >= 11 is 0. The second-order valence-electron chi connectivity index (χ2n) is 12.1. The molecule has 5 nitrogen and oxygen atoms in total. The summed E-state index contributed by atoms with van der Waals surface area (Å²) in [6.45, 7) is 18.6. The Bertz CT molecular complexity index is 1030. The topological polar surface area (TPSA) is 75.6 Å². The van der Waals surface area contributed by atoms with Gasteiger partial charge in [0.1, 0.15) is 0 Å². The third kappa shape index (κ3) is 4.10. The highest BCUT2D eigenvalue weighted by atomic mass is 32.2. The molecule has 0 radical (unpaired) electrons. The molecular weight excluding hydrogens is 438 g/mol. The van der Waals surface area contributed by atoms with Crippen molar-refractivity contribution in [3.8, 4) is 0 Å². The first-order chi connectivity index (χ1) is 14.6. The molecule has 2 saturated carbocycles. The lowest BCUT2D eigenvalue weighted by atomic mass is 9.55. The van der Waals surface area contributed by atoms with Gasteiger partial charge in [0.25, 0.3) is 0 Å². The Morgan fingerprint density at radius 3 is 2.56 bits per heavy atom. The Kier molecular flexibility index (Phi) is 5.76. The third-order valence-electron chi connectivity index (χ3n) is 9.05. The van der Waals surface area contributed by atoms with E-state index in [0.29, 0.717) is 23.4 Å². The molecule has 0 aliphatic heterocycles. The molecule has 3 aliphatic carbocycles. The van der Waals surface area contributed by atoms with Crippen LogP contribution in [-0.4, -0.2) is 27.4 Å². The zero-order valence-electron chi connectivity index (χ0n) is 20.4. The van der Waals surface area contributed by atoms with Crippen molar-refractivity contribution in [3.63, 3.8) is 0 Å². The van der Waals surface area contributed by atoms with E-state index in [0.717, 1.165) is 32.1 Å². The van der Waals surface area contributed by atoms with Crippen LogP contribution in [0, 0.1) is 17.3 Å². The summed E-state index contributed by atoms with van der Waals surface area (Å²) in [5.74, 6) is 1.50. The lowest BCUT2D eigenvalue weighted by Crippen LogP contribution is -2.50. The average molecular weight is 478 g/mol. The minimum absolute atomic E-state index is 0.137. The van der Waals surface area contributed by atoms with Crippen LogP contribution in [0.2, 0.25) is 18.1 Å². The lowest BCUT2D eigenvalue weighted by Gasteiger charge is -2.52. The molecule has 3 aliphatic rings. The molecule has 2 N–H and O–H groups in total. The summed E-state index contributed by atoms with van der Waals surface area (Å²) in [7, 11) is -6.13. The van der Waals surface area contributed by atoms with E-state index < -0.39 is 18.6 Å². The highest BCUT2D eigenvalue weighted by Crippen LogP contribution is 2.63. The summed E-state index contributed by atoms with van der Waals surface area (Å²) in [6.07, 6.45) is 5.48. The summed E-state index contributed by atoms with van der Waals surface area (Å²) in [5, 5.41) is 0.192.